The van der Waals surface area contributed by atoms with Crippen LogP contribution in [-0.4, -0.2) is 17.4 Å². The van der Waals surface area contributed by atoms with Crippen LogP contribution in [0, 0.1) is 0 Å². The molecule has 1 heterocycles. The standard InChI is InChI=1S/C19H19N3O/c1-14(15-7-3-2-4-8-15)21-13-18(23)22-17-11-5-9-16-10-6-12-20-19(16)17/h2-12,14,21H,13H2,1H3,(H,22,23). The van der Waals surface area contributed by atoms with Crippen LogP contribution in [0.25, 0.3) is 10.9 Å². The molecule has 0 bridgehead atoms. The molecule has 116 valence electrons. The quantitative estimate of drug-likeness (QED) is 0.758. The van der Waals surface area contributed by atoms with Gasteiger partial charge in [0.25, 0.3) is 0 Å². The summed E-state index contributed by atoms with van der Waals surface area (Å²) < 4.78 is 0. The highest BCUT2D eigenvalue weighted by Gasteiger charge is 2.09. The molecule has 0 fully saturated rings. The minimum atomic E-state index is -0.0778. The van der Waals surface area contributed by atoms with Gasteiger partial charge in [-0.05, 0) is 24.6 Å². The molecule has 2 aromatic carbocycles. The van der Waals surface area contributed by atoms with E-state index in [-0.39, 0.29) is 18.5 Å². The number of hydrogen-bond acceptors (Lipinski definition) is 3. The topological polar surface area (TPSA) is 54.0 Å². The number of nitrogens with zero attached hydrogens (tertiary/aromatic N) is 1. The molecule has 2 N–H and O–H groups in total. The molecule has 0 saturated carbocycles. The minimum absolute atomic E-state index is 0.0778. The third-order valence-electron chi connectivity index (χ3n) is 3.78. The molecule has 4 nitrogen and oxygen atoms in total. The number of fused-ring (bicyclic) bond motifs is 1. The summed E-state index contributed by atoms with van der Waals surface area (Å²) in [5, 5.41) is 7.17. The SMILES string of the molecule is CC(NCC(=O)Nc1cccc2cccnc12)c1ccccc1. The summed E-state index contributed by atoms with van der Waals surface area (Å²) >= 11 is 0. The minimum Gasteiger partial charge on any atom is -0.323 e. The van der Waals surface area contributed by atoms with Crippen LogP contribution in [0.3, 0.4) is 0 Å². The Kier molecular flexibility index (Phi) is 4.64. The molecule has 1 atom stereocenters. The van der Waals surface area contributed by atoms with E-state index in [9.17, 15) is 4.79 Å². The van der Waals surface area contributed by atoms with Gasteiger partial charge in [0.2, 0.25) is 5.91 Å². The number of carbonyl (C=O) groups excluding carboxylic acids is 1. The van der Waals surface area contributed by atoms with Gasteiger partial charge in [-0.25, -0.2) is 0 Å². The van der Waals surface area contributed by atoms with E-state index in [2.05, 4.69) is 15.6 Å². The highest BCUT2D eigenvalue weighted by Crippen LogP contribution is 2.20. The Labute approximate surface area is 135 Å². The number of carbonyl (C=O) groups is 1. The summed E-state index contributed by atoms with van der Waals surface area (Å²) in [5.74, 6) is -0.0778. The summed E-state index contributed by atoms with van der Waals surface area (Å²) in [6, 6.07) is 19.8. The number of para-hydroxylation sites is 1. The number of anilines is 1. The zero-order valence-corrected chi connectivity index (χ0v) is 13.0. The number of pyridine rings is 1. The Bertz CT molecular complexity index is 797. The van der Waals surface area contributed by atoms with Crippen LogP contribution in [-0.2, 0) is 4.79 Å². The number of nitrogens with one attached hydrogen (secondary N) is 2. The fraction of sp³-hybridized carbons (Fsp3) is 0.158. The molecule has 1 amide bonds. The van der Waals surface area contributed by atoms with E-state index in [1.54, 1.807) is 6.20 Å². The van der Waals surface area contributed by atoms with Crippen molar-refractivity contribution in [1.29, 1.82) is 0 Å². The van der Waals surface area contributed by atoms with Gasteiger partial charge in [-0.3, -0.25) is 9.78 Å². The van der Waals surface area contributed by atoms with Crippen molar-refractivity contribution in [2.75, 3.05) is 11.9 Å². The average Bonchev–Trinajstić information content (AvgIpc) is 2.61. The highest BCUT2D eigenvalue weighted by atomic mass is 16.1. The summed E-state index contributed by atoms with van der Waals surface area (Å²) in [7, 11) is 0. The molecule has 1 unspecified atom stereocenters. The van der Waals surface area contributed by atoms with E-state index < -0.39 is 0 Å². The van der Waals surface area contributed by atoms with E-state index in [4.69, 9.17) is 0 Å². The van der Waals surface area contributed by atoms with Crippen molar-refractivity contribution in [2.24, 2.45) is 0 Å². The lowest BCUT2D eigenvalue weighted by atomic mass is 10.1. The first kappa shape index (κ1) is 15.2. The summed E-state index contributed by atoms with van der Waals surface area (Å²) in [6.07, 6.45) is 1.73. The van der Waals surface area contributed by atoms with Gasteiger partial charge in [0, 0.05) is 17.6 Å². The first-order chi connectivity index (χ1) is 11.2. The number of rotatable bonds is 5. The van der Waals surface area contributed by atoms with Crippen LogP contribution in [0.5, 0.6) is 0 Å². The zero-order chi connectivity index (χ0) is 16.1. The van der Waals surface area contributed by atoms with Gasteiger partial charge in [0.1, 0.15) is 0 Å². The summed E-state index contributed by atoms with van der Waals surface area (Å²) in [6.45, 7) is 2.29. The van der Waals surface area contributed by atoms with Gasteiger partial charge in [0.05, 0.1) is 17.7 Å². The van der Waals surface area contributed by atoms with E-state index >= 15 is 0 Å². The van der Waals surface area contributed by atoms with Gasteiger partial charge in [-0.1, -0.05) is 48.5 Å². The lowest BCUT2D eigenvalue weighted by molar-refractivity contribution is -0.115. The second kappa shape index (κ2) is 7.03. The number of benzene rings is 2. The average molecular weight is 305 g/mol. The summed E-state index contributed by atoms with van der Waals surface area (Å²) in [5.41, 5.74) is 2.70. The Hall–Kier alpha value is -2.72. The second-order valence-corrected chi connectivity index (χ2v) is 5.44. The Morgan fingerprint density at radius 2 is 1.83 bits per heavy atom. The van der Waals surface area contributed by atoms with Crippen LogP contribution >= 0.6 is 0 Å². The van der Waals surface area contributed by atoms with Crippen LogP contribution in [0.15, 0.2) is 66.9 Å². The van der Waals surface area contributed by atoms with Gasteiger partial charge >= 0.3 is 0 Å². The first-order valence-electron chi connectivity index (χ1n) is 7.66. The van der Waals surface area contributed by atoms with E-state index in [0.29, 0.717) is 0 Å². The summed E-state index contributed by atoms with van der Waals surface area (Å²) in [4.78, 5) is 16.5. The number of aromatic nitrogens is 1. The van der Waals surface area contributed by atoms with Gasteiger partial charge in [-0.15, -0.1) is 0 Å². The molecule has 0 aliphatic rings. The second-order valence-electron chi connectivity index (χ2n) is 5.44. The lowest BCUT2D eigenvalue weighted by Gasteiger charge is -2.14. The van der Waals surface area contributed by atoms with E-state index in [1.165, 1.54) is 0 Å². The predicted octanol–water partition coefficient (Wildman–Crippen LogP) is 3.52. The molecule has 0 aliphatic carbocycles. The van der Waals surface area contributed by atoms with Crippen LogP contribution in [0.4, 0.5) is 5.69 Å². The predicted molar refractivity (Wildman–Crippen MR) is 93.2 cm³/mol. The van der Waals surface area contributed by atoms with Crippen molar-refractivity contribution < 1.29 is 4.79 Å². The zero-order valence-electron chi connectivity index (χ0n) is 13.0. The molecule has 1 aromatic heterocycles. The van der Waals surface area contributed by atoms with Gasteiger partial charge in [-0.2, -0.15) is 0 Å². The van der Waals surface area contributed by atoms with Crippen LogP contribution in [0.2, 0.25) is 0 Å². The van der Waals surface area contributed by atoms with E-state index in [0.717, 1.165) is 22.2 Å². The van der Waals surface area contributed by atoms with Gasteiger partial charge in [0.15, 0.2) is 0 Å². The molecule has 4 heteroatoms. The largest absolute Gasteiger partial charge is 0.323 e. The fourth-order valence-electron chi connectivity index (χ4n) is 2.50. The number of hydrogen-bond donors (Lipinski definition) is 2. The highest BCUT2D eigenvalue weighted by molar-refractivity contribution is 6.00. The normalized spacial score (nSPS) is 12.0. The van der Waals surface area contributed by atoms with Crippen molar-refractivity contribution in [3.05, 3.63) is 72.4 Å². The molecule has 23 heavy (non-hydrogen) atoms. The molecular formula is C19H19N3O. The van der Waals surface area contributed by atoms with Crippen molar-refractivity contribution in [3.63, 3.8) is 0 Å². The van der Waals surface area contributed by atoms with Crippen molar-refractivity contribution in [1.82, 2.24) is 10.3 Å². The molecule has 3 rings (SSSR count). The van der Waals surface area contributed by atoms with Gasteiger partial charge < -0.3 is 10.6 Å². The molecular weight excluding hydrogens is 286 g/mol. The molecule has 3 aromatic rings. The van der Waals surface area contributed by atoms with Crippen molar-refractivity contribution in [2.45, 2.75) is 13.0 Å². The van der Waals surface area contributed by atoms with Crippen LogP contribution in [0.1, 0.15) is 18.5 Å². The van der Waals surface area contributed by atoms with Crippen molar-refractivity contribution in [3.8, 4) is 0 Å². The number of amides is 1. The van der Waals surface area contributed by atoms with Crippen LogP contribution < -0.4 is 10.6 Å². The Morgan fingerprint density at radius 3 is 2.65 bits per heavy atom. The van der Waals surface area contributed by atoms with Crippen molar-refractivity contribution >= 4 is 22.5 Å². The monoisotopic (exact) mass is 305 g/mol. The first-order valence-corrected chi connectivity index (χ1v) is 7.66. The lowest BCUT2D eigenvalue weighted by Crippen LogP contribution is -2.30. The Balaban J connectivity index is 1.63. The third-order valence-corrected chi connectivity index (χ3v) is 3.78. The molecule has 0 radical (unpaired) electrons. The fourth-order valence-corrected chi connectivity index (χ4v) is 2.50. The maximum absolute atomic E-state index is 12.2. The smallest absolute Gasteiger partial charge is 0.238 e. The molecule has 0 spiro atoms. The Morgan fingerprint density at radius 1 is 1.04 bits per heavy atom. The molecule has 0 aliphatic heterocycles. The molecule has 0 saturated heterocycles. The van der Waals surface area contributed by atoms with E-state index in [1.807, 2.05) is 67.6 Å². The third kappa shape index (κ3) is 3.73. The maximum Gasteiger partial charge on any atom is 0.238 e. The maximum atomic E-state index is 12.2.